The molecule has 5 rings (SSSR count). The Morgan fingerprint density at radius 1 is 1.08 bits per heavy atom. The number of para-hydroxylation sites is 1. The van der Waals surface area contributed by atoms with Crippen molar-refractivity contribution in [2.75, 3.05) is 6.61 Å². The van der Waals surface area contributed by atoms with E-state index in [1.54, 1.807) is 18.2 Å². The second kappa shape index (κ2) is 9.75. The highest BCUT2D eigenvalue weighted by atomic mass is 35.5. The van der Waals surface area contributed by atoms with Crippen LogP contribution in [-0.4, -0.2) is 33.9 Å². The number of rotatable bonds is 7. The third kappa shape index (κ3) is 4.63. The van der Waals surface area contributed by atoms with Crippen LogP contribution in [0.5, 0.6) is 5.75 Å². The van der Waals surface area contributed by atoms with Gasteiger partial charge in [-0.1, -0.05) is 29.8 Å². The highest BCUT2D eigenvalue weighted by molar-refractivity contribution is 6.31. The van der Waals surface area contributed by atoms with E-state index in [0.29, 0.717) is 29.5 Å². The van der Waals surface area contributed by atoms with Gasteiger partial charge < -0.3 is 13.7 Å². The molecule has 1 N–H and O–H groups in total. The highest BCUT2D eigenvalue weighted by Gasteiger charge is 2.36. The standard InChI is InChI=1S/C27H22ClN3O5/c1-17-13-19(28)8-9-24(17)36-12-10-30-15-18(21-6-2-3-7-23(21)30)14-22-25(32)29-27(34)31(26(22)33)16-20-5-4-11-35-20/h2-9,11,13-15H,10,12,16H2,1H3,(H,29,32,34)/b22-14-. The van der Waals surface area contributed by atoms with E-state index in [9.17, 15) is 14.4 Å². The molecule has 0 spiro atoms. The molecule has 4 amide bonds. The number of carbonyl (C=O) groups excluding carboxylic acids is 3. The lowest BCUT2D eigenvalue weighted by molar-refractivity contribution is -0.130. The molecular weight excluding hydrogens is 482 g/mol. The van der Waals surface area contributed by atoms with Crippen LogP contribution < -0.4 is 10.1 Å². The summed E-state index contributed by atoms with van der Waals surface area (Å²) in [6.07, 6.45) is 4.84. The van der Waals surface area contributed by atoms with E-state index >= 15 is 0 Å². The Labute approximate surface area is 211 Å². The van der Waals surface area contributed by atoms with Gasteiger partial charge in [0, 0.05) is 27.7 Å². The monoisotopic (exact) mass is 503 g/mol. The van der Waals surface area contributed by atoms with Crippen LogP contribution in [-0.2, 0) is 22.7 Å². The number of amides is 4. The molecule has 1 aliphatic rings. The largest absolute Gasteiger partial charge is 0.491 e. The Morgan fingerprint density at radius 2 is 1.92 bits per heavy atom. The van der Waals surface area contributed by atoms with Crippen molar-refractivity contribution >= 4 is 46.4 Å². The van der Waals surface area contributed by atoms with E-state index in [4.69, 9.17) is 20.8 Å². The molecule has 0 unspecified atom stereocenters. The number of aromatic nitrogens is 1. The smallest absolute Gasteiger partial charge is 0.331 e. The van der Waals surface area contributed by atoms with Crippen molar-refractivity contribution in [1.82, 2.24) is 14.8 Å². The average molecular weight is 504 g/mol. The number of furan rings is 1. The van der Waals surface area contributed by atoms with Crippen molar-refractivity contribution in [1.29, 1.82) is 0 Å². The number of fused-ring (bicyclic) bond motifs is 1. The quantitative estimate of drug-likeness (QED) is 0.285. The number of imide groups is 2. The molecule has 0 bridgehead atoms. The van der Waals surface area contributed by atoms with Gasteiger partial charge in [-0.05, 0) is 55.0 Å². The maximum Gasteiger partial charge on any atom is 0.331 e. The first-order valence-corrected chi connectivity index (χ1v) is 11.7. The molecule has 0 radical (unpaired) electrons. The fraction of sp³-hybridized carbons (Fsp3) is 0.148. The number of benzene rings is 2. The molecule has 36 heavy (non-hydrogen) atoms. The number of nitrogens with one attached hydrogen (secondary N) is 1. The second-order valence-corrected chi connectivity index (χ2v) is 8.78. The molecule has 0 atom stereocenters. The third-order valence-corrected chi connectivity index (χ3v) is 6.16. The first kappa shape index (κ1) is 23.4. The van der Waals surface area contributed by atoms with E-state index in [0.717, 1.165) is 27.1 Å². The SMILES string of the molecule is Cc1cc(Cl)ccc1OCCn1cc(/C=C2/C(=O)NC(=O)N(Cc3ccco3)C2=O)c2ccccc21. The minimum Gasteiger partial charge on any atom is -0.491 e. The van der Waals surface area contributed by atoms with Gasteiger partial charge in [-0.2, -0.15) is 0 Å². The molecule has 4 aromatic rings. The molecule has 0 aliphatic carbocycles. The fourth-order valence-corrected chi connectivity index (χ4v) is 4.38. The van der Waals surface area contributed by atoms with Crippen LogP contribution in [0.25, 0.3) is 17.0 Å². The van der Waals surface area contributed by atoms with Crippen molar-refractivity contribution in [2.45, 2.75) is 20.0 Å². The Hall–Kier alpha value is -4.30. The number of nitrogens with zero attached hydrogens (tertiary/aromatic N) is 2. The van der Waals surface area contributed by atoms with Gasteiger partial charge in [-0.3, -0.25) is 19.8 Å². The van der Waals surface area contributed by atoms with Crippen LogP contribution in [0.15, 0.2) is 77.0 Å². The van der Waals surface area contributed by atoms with Gasteiger partial charge in [0.05, 0.1) is 19.4 Å². The zero-order chi connectivity index (χ0) is 25.2. The van der Waals surface area contributed by atoms with Gasteiger partial charge in [0.2, 0.25) is 0 Å². The molecule has 1 fully saturated rings. The maximum atomic E-state index is 13.1. The molecule has 2 aromatic heterocycles. The molecule has 0 saturated carbocycles. The average Bonchev–Trinajstić information content (AvgIpc) is 3.49. The number of carbonyl (C=O) groups is 3. The lowest BCUT2D eigenvalue weighted by Crippen LogP contribution is -2.53. The van der Waals surface area contributed by atoms with Gasteiger partial charge in [0.25, 0.3) is 11.8 Å². The summed E-state index contributed by atoms with van der Waals surface area (Å²) in [4.78, 5) is 39.0. The topological polar surface area (TPSA) is 93.8 Å². The Morgan fingerprint density at radius 3 is 2.69 bits per heavy atom. The number of halogens is 1. The van der Waals surface area contributed by atoms with Crippen LogP contribution in [0.4, 0.5) is 4.79 Å². The van der Waals surface area contributed by atoms with E-state index in [1.165, 1.54) is 12.3 Å². The molecule has 8 nitrogen and oxygen atoms in total. The minimum absolute atomic E-state index is 0.0779. The normalized spacial score (nSPS) is 15.1. The lowest BCUT2D eigenvalue weighted by Gasteiger charge is -2.25. The molecule has 3 heterocycles. The summed E-state index contributed by atoms with van der Waals surface area (Å²) in [5.41, 5.74) is 2.42. The summed E-state index contributed by atoms with van der Waals surface area (Å²) in [5, 5.41) is 3.76. The number of hydrogen-bond donors (Lipinski definition) is 1. The minimum atomic E-state index is -0.782. The zero-order valence-corrected chi connectivity index (χ0v) is 20.1. The summed E-state index contributed by atoms with van der Waals surface area (Å²) in [6.45, 7) is 2.80. The van der Waals surface area contributed by atoms with Crippen molar-refractivity contribution in [3.05, 3.63) is 94.5 Å². The summed E-state index contributed by atoms with van der Waals surface area (Å²) < 4.78 is 13.2. The lowest BCUT2D eigenvalue weighted by atomic mass is 10.1. The second-order valence-electron chi connectivity index (χ2n) is 8.34. The van der Waals surface area contributed by atoms with Crippen LogP contribution in [0.3, 0.4) is 0 Å². The summed E-state index contributed by atoms with van der Waals surface area (Å²) in [5.74, 6) is -0.235. The van der Waals surface area contributed by atoms with Gasteiger partial charge in [-0.25, -0.2) is 4.79 Å². The van der Waals surface area contributed by atoms with Gasteiger partial charge in [-0.15, -0.1) is 0 Å². The maximum absolute atomic E-state index is 13.1. The Bertz CT molecular complexity index is 1500. The van der Waals surface area contributed by atoms with Crippen molar-refractivity contribution in [3.63, 3.8) is 0 Å². The van der Waals surface area contributed by atoms with Crippen molar-refractivity contribution < 1.29 is 23.5 Å². The Balaban J connectivity index is 1.41. The molecule has 1 aliphatic heterocycles. The molecule has 9 heteroatoms. The molecule has 1 saturated heterocycles. The predicted molar refractivity (Wildman–Crippen MR) is 134 cm³/mol. The van der Waals surface area contributed by atoms with Gasteiger partial charge in [0.15, 0.2) is 0 Å². The van der Waals surface area contributed by atoms with Crippen molar-refractivity contribution in [3.8, 4) is 5.75 Å². The van der Waals surface area contributed by atoms with Crippen LogP contribution in [0.1, 0.15) is 16.9 Å². The summed E-state index contributed by atoms with van der Waals surface area (Å²) in [7, 11) is 0. The molecular formula is C27H22ClN3O5. The number of barbiturate groups is 1. The van der Waals surface area contributed by atoms with Crippen LogP contribution in [0, 0.1) is 6.92 Å². The number of aryl methyl sites for hydroxylation is 1. The summed E-state index contributed by atoms with van der Waals surface area (Å²) in [6, 6.07) is 15.7. The van der Waals surface area contributed by atoms with E-state index < -0.39 is 17.8 Å². The van der Waals surface area contributed by atoms with Gasteiger partial charge in [0.1, 0.15) is 23.7 Å². The highest BCUT2D eigenvalue weighted by Crippen LogP contribution is 2.26. The van der Waals surface area contributed by atoms with E-state index in [1.807, 2.05) is 54.1 Å². The van der Waals surface area contributed by atoms with Crippen LogP contribution in [0.2, 0.25) is 5.02 Å². The van der Waals surface area contributed by atoms with Gasteiger partial charge >= 0.3 is 6.03 Å². The first-order chi connectivity index (χ1) is 17.4. The van der Waals surface area contributed by atoms with E-state index in [2.05, 4.69) is 5.32 Å². The van der Waals surface area contributed by atoms with Crippen LogP contribution >= 0.6 is 11.6 Å². The fourth-order valence-electron chi connectivity index (χ4n) is 4.16. The Kier molecular flexibility index (Phi) is 6.35. The predicted octanol–water partition coefficient (Wildman–Crippen LogP) is 4.94. The summed E-state index contributed by atoms with van der Waals surface area (Å²) >= 11 is 6.02. The molecule has 2 aromatic carbocycles. The number of ether oxygens (including phenoxy) is 1. The zero-order valence-electron chi connectivity index (χ0n) is 19.4. The first-order valence-electron chi connectivity index (χ1n) is 11.3. The number of urea groups is 1. The van der Waals surface area contributed by atoms with Crippen molar-refractivity contribution in [2.24, 2.45) is 0 Å². The van der Waals surface area contributed by atoms with E-state index in [-0.39, 0.29) is 12.1 Å². The molecule has 182 valence electrons. The number of hydrogen-bond acceptors (Lipinski definition) is 5. The third-order valence-electron chi connectivity index (χ3n) is 5.93.